The van der Waals surface area contributed by atoms with Crippen LogP contribution in [0.5, 0.6) is 0 Å². The van der Waals surface area contributed by atoms with Crippen LogP contribution in [0.25, 0.3) is 0 Å². The van der Waals surface area contributed by atoms with E-state index in [9.17, 15) is 0 Å². The number of hydrogen-bond acceptors (Lipinski definition) is 4. The first kappa shape index (κ1) is 11.9. The maximum atomic E-state index is 5.20. The minimum atomic E-state index is 0.474. The lowest BCUT2D eigenvalue weighted by molar-refractivity contribution is 0.225. The van der Waals surface area contributed by atoms with E-state index in [2.05, 4.69) is 21.4 Å². The average Bonchev–Trinajstić information content (AvgIpc) is 2.39. The number of piperidine rings is 1. The molecule has 4 heteroatoms. The van der Waals surface area contributed by atoms with Crippen molar-refractivity contribution in [3.63, 3.8) is 0 Å². The van der Waals surface area contributed by atoms with Gasteiger partial charge in [0.1, 0.15) is 0 Å². The van der Waals surface area contributed by atoms with Gasteiger partial charge in [-0.1, -0.05) is 6.58 Å². The van der Waals surface area contributed by atoms with E-state index < -0.39 is 0 Å². The van der Waals surface area contributed by atoms with Crippen molar-refractivity contribution in [2.24, 2.45) is 5.92 Å². The van der Waals surface area contributed by atoms with Crippen LogP contribution in [0.1, 0.15) is 18.4 Å². The molecule has 1 aliphatic rings. The molecule has 0 bridgehead atoms. The van der Waals surface area contributed by atoms with E-state index >= 15 is 0 Å². The summed E-state index contributed by atoms with van der Waals surface area (Å²) in [6, 6.07) is 0. The predicted octanol–water partition coefficient (Wildman–Crippen LogP) is 2.16. The minimum Gasteiger partial charge on any atom is -0.501 e. The maximum Gasteiger partial charge on any atom is 0.225 e. The molecule has 1 aromatic heterocycles. The minimum absolute atomic E-state index is 0.474. The number of allylic oxidation sites excluding steroid dienone is 1. The summed E-state index contributed by atoms with van der Waals surface area (Å²) in [6.07, 6.45) is 5.85. The largest absolute Gasteiger partial charge is 0.501 e. The van der Waals surface area contributed by atoms with Gasteiger partial charge < -0.3 is 9.64 Å². The summed E-state index contributed by atoms with van der Waals surface area (Å²) in [4.78, 5) is 10.9. The molecule has 1 aromatic rings. The molecule has 1 aliphatic heterocycles. The standard InChI is InChI=1S/C13H19N3O/c1-10-8-14-13(15-9-10)16-6-4-12(5-7-16)11(2)17-3/h8-9,12H,2,4-7H2,1,3H3. The topological polar surface area (TPSA) is 38.2 Å². The van der Waals surface area contributed by atoms with Crippen molar-refractivity contribution >= 4 is 5.95 Å². The van der Waals surface area contributed by atoms with E-state index in [1.54, 1.807) is 7.11 Å². The lowest BCUT2D eigenvalue weighted by atomic mass is 9.95. The number of ether oxygens (including phenoxy) is 1. The van der Waals surface area contributed by atoms with Crippen LogP contribution in [0.15, 0.2) is 24.7 Å². The van der Waals surface area contributed by atoms with Crippen LogP contribution in [0.2, 0.25) is 0 Å². The van der Waals surface area contributed by atoms with Gasteiger partial charge in [0.15, 0.2) is 0 Å². The summed E-state index contributed by atoms with van der Waals surface area (Å²) < 4.78 is 5.20. The van der Waals surface area contributed by atoms with Crippen LogP contribution in [-0.4, -0.2) is 30.2 Å². The summed E-state index contributed by atoms with van der Waals surface area (Å²) in [5.74, 6) is 2.20. The smallest absolute Gasteiger partial charge is 0.225 e. The second-order valence-electron chi connectivity index (χ2n) is 4.49. The first-order valence-electron chi connectivity index (χ1n) is 5.97. The number of methoxy groups -OCH3 is 1. The number of rotatable bonds is 3. The molecule has 0 aliphatic carbocycles. The molecule has 4 nitrogen and oxygen atoms in total. The second kappa shape index (κ2) is 5.17. The highest BCUT2D eigenvalue weighted by molar-refractivity contribution is 5.30. The van der Waals surface area contributed by atoms with Gasteiger partial charge >= 0.3 is 0 Å². The fourth-order valence-electron chi connectivity index (χ4n) is 2.12. The summed E-state index contributed by atoms with van der Waals surface area (Å²) in [7, 11) is 1.69. The zero-order chi connectivity index (χ0) is 12.3. The Morgan fingerprint density at radius 3 is 2.47 bits per heavy atom. The number of aromatic nitrogens is 2. The van der Waals surface area contributed by atoms with Crippen molar-refractivity contribution in [1.29, 1.82) is 0 Å². The van der Waals surface area contributed by atoms with E-state index in [1.165, 1.54) is 0 Å². The summed E-state index contributed by atoms with van der Waals surface area (Å²) in [5, 5.41) is 0. The average molecular weight is 233 g/mol. The Morgan fingerprint density at radius 1 is 1.35 bits per heavy atom. The Balaban J connectivity index is 1.95. The molecule has 0 spiro atoms. The highest BCUT2D eigenvalue weighted by Gasteiger charge is 2.23. The van der Waals surface area contributed by atoms with E-state index in [4.69, 9.17) is 4.74 Å². The number of nitrogens with zero attached hydrogens (tertiary/aromatic N) is 3. The number of aryl methyl sites for hydroxylation is 1. The van der Waals surface area contributed by atoms with Gasteiger partial charge in [-0.15, -0.1) is 0 Å². The van der Waals surface area contributed by atoms with Crippen molar-refractivity contribution in [3.8, 4) is 0 Å². The zero-order valence-electron chi connectivity index (χ0n) is 10.5. The molecule has 0 saturated carbocycles. The third-order valence-electron chi connectivity index (χ3n) is 3.26. The lowest BCUT2D eigenvalue weighted by Crippen LogP contribution is -2.35. The van der Waals surface area contributed by atoms with Crippen LogP contribution in [-0.2, 0) is 4.74 Å². The Labute approximate surface area is 102 Å². The van der Waals surface area contributed by atoms with Crippen molar-refractivity contribution in [2.45, 2.75) is 19.8 Å². The summed E-state index contributed by atoms with van der Waals surface area (Å²) in [5.41, 5.74) is 1.09. The Bertz CT molecular complexity index is 380. The number of anilines is 1. The molecule has 1 fully saturated rings. The quantitative estimate of drug-likeness (QED) is 0.750. The van der Waals surface area contributed by atoms with Gasteiger partial charge in [-0.05, 0) is 25.3 Å². The second-order valence-corrected chi connectivity index (χ2v) is 4.49. The molecule has 1 saturated heterocycles. The molecule has 92 valence electrons. The van der Waals surface area contributed by atoms with E-state index in [0.717, 1.165) is 43.2 Å². The van der Waals surface area contributed by atoms with E-state index in [0.29, 0.717) is 5.92 Å². The highest BCUT2D eigenvalue weighted by atomic mass is 16.5. The molecule has 2 rings (SSSR count). The van der Waals surface area contributed by atoms with Crippen LogP contribution < -0.4 is 4.90 Å². The molecular weight excluding hydrogens is 214 g/mol. The normalized spacial score (nSPS) is 16.9. The molecule has 0 N–H and O–H groups in total. The zero-order valence-corrected chi connectivity index (χ0v) is 10.5. The van der Waals surface area contributed by atoms with Crippen LogP contribution in [0.4, 0.5) is 5.95 Å². The van der Waals surface area contributed by atoms with Gasteiger partial charge in [-0.2, -0.15) is 0 Å². The summed E-state index contributed by atoms with van der Waals surface area (Å²) >= 11 is 0. The number of hydrogen-bond donors (Lipinski definition) is 0. The molecule has 17 heavy (non-hydrogen) atoms. The van der Waals surface area contributed by atoms with Gasteiger partial charge in [0.25, 0.3) is 0 Å². The molecule has 2 heterocycles. The Morgan fingerprint density at radius 2 is 1.94 bits per heavy atom. The van der Waals surface area contributed by atoms with Crippen molar-refractivity contribution < 1.29 is 4.74 Å². The van der Waals surface area contributed by atoms with Crippen molar-refractivity contribution in [2.75, 3.05) is 25.1 Å². The molecule has 0 radical (unpaired) electrons. The van der Waals surface area contributed by atoms with Gasteiger partial charge in [0.05, 0.1) is 12.9 Å². The van der Waals surface area contributed by atoms with E-state index in [-0.39, 0.29) is 0 Å². The van der Waals surface area contributed by atoms with Crippen LogP contribution in [0, 0.1) is 12.8 Å². The molecule has 0 unspecified atom stereocenters. The fraction of sp³-hybridized carbons (Fsp3) is 0.538. The first-order valence-corrected chi connectivity index (χ1v) is 5.97. The summed E-state index contributed by atoms with van der Waals surface area (Å²) in [6.45, 7) is 7.87. The predicted molar refractivity (Wildman–Crippen MR) is 67.9 cm³/mol. The van der Waals surface area contributed by atoms with Gasteiger partial charge in [0, 0.05) is 31.4 Å². The van der Waals surface area contributed by atoms with Gasteiger partial charge in [0.2, 0.25) is 5.95 Å². The lowest BCUT2D eigenvalue weighted by Gasteiger charge is -2.32. The Kier molecular flexibility index (Phi) is 3.61. The molecule has 0 aromatic carbocycles. The molecule has 0 amide bonds. The highest BCUT2D eigenvalue weighted by Crippen LogP contribution is 2.25. The van der Waals surface area contributed by atoms with Crippen LogP contribution >= 0.6 is 0 Å². The Hall–Kier alpha value is -1.58. The van der Waals surface area contributed by atoms with Gasteiger partial charge in [-0.3, -0.25) is 0 Å². The maximum absolute atomic E-state index is 5.20. The first-order chi connectivity index (χ1) is 8.20. The van der Waals surface area contributed by atoms with Gasteiger partial charge in [-0.25, -0.2) is 9.97 Å². The monoisotopic (exact) mass is 233 g/mol. The molecule has 0 atom stereocenters. The third-order valence-corrected chi connectivity index (χ3v) is 3.26. The van der Waals surface area contributed by atoms with Crippen molar-refractivity contribution in [3.05, 3.63) is 30.3 Å². The molecular formula is C13H19N3O. The third kappa shape index (κ3) is 2.75. The van der Waals surface area contributed by atoms with Crippen molar-refractivity contribution in [1.82, 2.24) is 9.97 Å². The fourth-order valence-corrected chi connectivity index (χ4v) is 2.12. The SMILES string of the molecule is C=C(OC)C1CCN(c2ncc(C)cn2)CC1. The van der Waals surface area contributed by atoms with Crippen LogP contribution in [0.3, 0.4) is 0 Å². The van der Waals surface area contributed by atoms with E-state index in [1.807, 2.05) is 19.3 Å².